The summed E-state index contributed by atoms with van der Waals surface area (Å²) in [6.07, 6.45) is 5.48. The van der Waals surface area contributed by atoms with E-state index in [9.17, 15) is 9.90 Å². The normalized spacial score (nSPS) is 17.9. The number of nitrogens with zero attached hydrogens (tertiary/aromatic N) is 1. The maximum atomic E-state index is 12.1. The van der Waals surface area contributed by atoms with Gasteiger partial charge in [-0.05, 0) is 29.8 Å². The van der Waals surface area contributed by atoms with Gasteiger partial charge in [-0.2, -0.15) is 0 Å². The lowest BCUT2D eigenvalue weighted by atomic mass is 9.92. The summed E-state index contributed by atoms with van der Waals surface area (Å²) in [6, 6.07) is 12.7. The number of benzene rings is 2. The predicted molar refractivity (Wildman–Crippen MR) is 105 cm³/mol. The minimum absolute atomic E-state index is 0.0578. The first-order chi connectivity index (χ1) is 13.1. The molecule has 0 bridgehead atoms. The summed E-state index contributed by atoms with van der Waals surface area (Å²) in [6.45, 7) is 0.441. The summed E-state index contributed by atoms with van der Waals surface area (Å²) < 4.78 is 10.8. The Balaban J connectivity index is 1.58. The van der Waals surface area contributed by atoms with Crippen molar-refractivity contribution in [3.05, 3.63) is 59.7 Å². The molecule has 2 aromatic rings. The molecule has 1 aliphatic heterocycles. The van der Waals surface area contributed by atoms with Crippen LogP contribution in [0.1, 0.15) is 17.5 Å². The monoisotopic (exact) mass is 366 g/mol. The van der Waals surface area contributed by atoms with Crippen LogP contribution in [0.2, 0.25) is 0 Å². The van der Waals surface area contributed by atoms with Gasteiger partial charge >= 0.3 is 0 Å². The zero-order valence-corrected chi connectivity index (χ0v) is 15.3. The number of rotatable bonds is 7. The van der Waals surface area contributed by atoms with Crippen LogP contribution in [0.5, 0.6) is 11.5 Å². The third-order valence-corrected chi connectivity index (χ3v) is 4.56. The van der Waals surface area contributed by atoms with E-state index in [-0.39, 0.29) is 11.7 Å². The van der Waals surface area contributed by atoms with E-state index in [0.717, 1.165) is 16.8 Å². The molecular weight excluding hydrogens is 344 g/mol. The molecule has 27 heavy (non-hydrogen) atoms. The average Bonchev–Trinajstić information content (AvgIpc) is 3.06. The predicted octanol–water partition coefficient (Wildman–Crippen LogP) is 3.18. The molecule has 1 unspecified atom stereocenters. The number of nitrogens with one attached hydrogen (secondary N) is 1. The average molecular weight is 366 g/mol. The molecule has 6 nitrogen and oxygen atoms in total. The maximum Gasteiger partial charge on any atom is 0.244 e. The van der Waals surface area contributed by atoms with Gasteiger partial charge in [0.1, 0.15) is 5.60 Å². The number of carbonyl (C=O) groups is 1. The number of para-hydroxylation sites is 1. The summed E-state index contributed by atoms with van der Waals surface area (Å²) in [5.41, 5.74) is 2.04. The lowest BCUT2D eigenvalue weighted by Gasteiger charge is -2.26. The van der Waals surface area contributed by atoms with Crippen molar-refractivity contribution in [2.45, 2.75) is 12.0 Å². The molecule has 1 heterocycles. The molecule has 0 saturated carbocycles. The quantitative estimate of drug-likeness (QED) is 0.738. The van der Waals surface area contributed by atoms with Gasteiger partial charge in [-0.15, -0.1) is 0 Å². The molecule has 0 fully saturated rings. The minimum Gasteiger partial charge on any atom is -0.504 e. The topological polar surface area (TPSA) is 80.2 Å². The van der Waals surface area contributed by atoms with E-state index in [4.69, 9.17) is 9.47 Å². The van der Waals surface area contributed by atoms with Crippen molar-refractivity contribution in [3.8, 4) is 11.5 Å². The Hall–Kier alpha value is -3.12. The number of phenolic OH excluding ortho intramolecular Hbond substituents is 1. The van der Waals surface area contributed by atoms with Crippen molar-refractivity contribution >= 4 is 23.9 Å². The second-order valence-corrected chi connectivity index (χ2v) is 6.17. The van der Waals surface area contributed by atoms with E-state index in [2.05, 4.69) is 10.3 Å². The Kier molecular flexibility index (Phi) is 5.57. The molecule has 2 N–H and O–H groups in total. The second-order valence-electron chi connectivity index (χ2n) is 6.17. The van der Waals surface area contributed by atoms with Gasteiger partial charge in [-0.25, -0.2) is 0 Å². The van der Waals surface area contributed by atoms with Crippen LogP contribution in [-0.4, -0.2) is 38.0 Å². The van der Waals surface area contributed by atoms with Crippen molar-refractivity contribution in [3.63, 3.8) is 0 Å². The lowest BCUT2D eigenvalue weighted by molar-refractivity contribution is -0.116. The van der Waals surface area contributed by atoms with Crippen LogP contribution in [0.3, 0.4) is 0 Å². The number of amides is 1. The van der Waals surface area contributed by atoms with Gasteiger partial charge in [0.15, 0.2) is 11.5 Å². The number of fused-ring (bicyclic) bond motifs is 1. The number of hydrogen-bond acceptors (Lipinski definition) is 5. The zero-order valence-electron chi connectivity index (χ0n) is 15.3. The van der Waals surface area contributed by atoms with Crippen molar-refractivity contribution in [2.75, 3.05) is 20.8 Å². The molecule has 1 aliphatic rings. The van der Waals surface area contributed by atoms with E-state index in [1.165, 1.54) is 19.3 Å². The first kappa shape index (κ1) is 18.7. The summed E-state index contributed by atoms with van der Waals surface area (Å²) in [4.78, 5) is 16.5. The molecule has 0 aromatic heterocycles. The summed E-state index contributed by atoms with van der Waals surface area (Å²) >= 11 is 0. The SMILES string of the molecule is COc1cc(/C=C/C(=O)NCCC2(OC)C=Nc3ccccc32)ccc1O. The van der Waals surface area contributed by atoms with Gasteiger partial charge < -0.3 is 19.9 Å². The third-order valence-electron chi connectivity index (χ3n) is 4.56. The van der Waals surface area contributed by atoms with Gasteiger partial charge in [0.25, 0.3) is 0 Å². The van der Waals surface area contributed by atoms with Crippen LogP contribution in [0.4, 0.5) is 5.69 Å². The number of phenols is 1. The van der Waals surface area contributed by atoms with Crippen LogP contribution in [-0.2, 0) is 15.1 Å². The lowest BCUT2D eigenvalue weighted by Crippen LogP contribution is -2.34. The molecule has 2 aromatic carbocycles. The summed E-state index contributed by atoms with van der Waals surface area (Å²) in [7, 11) is 3.12. The number of hydrogen-bond donors (Lipinski definition) is 2. The molecule has 0 aliphatic carbocycles. The smallest absolute Gasteiger partial charge is 0.244 e. The van der Waals surface area contributed by atoms with Crippen LogP contribution in [0.15, 0.2) is 53.5 Å². The molecular formula is C21H22N2O4. The van der Waals surface area contributed by atoms with Crippen LogP contribution < -0.4 is 10.1 Å². The highest BCUT2D eigenvalue weighted by Crippen LogP contribution is 2.39. The highest BCUT2D eigenvalue weighted by Gasteiger charge is 2.35. The van der Waals surface area contributed by atoms with Crippen LogP contribution in [0.25, 0.3) is 6.08 Å². The summed E-state index contributed by atoms with van der Waals surface area (Å²) in [5.74, 6) is 0.206. The fraction of sp³-hybridized carbons (Fsp3) is 0.238. The number of aliphatic imine (C=N–C) groups is 1. The molecule has 0 spiro atoms. The van der Waals surface area contributed by atoms with E-state index < -0.39 is 5.60 Å². The van der Waals surface area contributed by atoms with Gasteiger partial charge in [-0.1, -0.05) is 24.3 Å². The second kappa shape index (κ2) is 8.05. The third kappa shape index (κ3) is 4.01. The van der Waals surface area contributed by atoms with Gasteiger partial charge in [0, 0.05) is 37.9 Å². The molecule has 1 atom stereocenters. The Labute approximate surface area is 158 Å². The minimum atomic E-state index is -0.613. The zero-order chi connectivity index (χ0) is 19.3. The number of carbonyl (C=O) groups excluding carboxylic acids is 1. The fourth-order valence-corrected chi connectivity index (χ4v) is 3.05. The standard InChI is InChI=1S/C21H22N2O4/c1-26-19-13-15(7-9-18(19)24)8-10-20(25)22-12-11-21(27-2)14-23-17-6-4-3-5-16(17)21/h3-10,13-14,24H,11-12H2,1-2H3,(H,22,25)/b10-8+. The van der Waals surface area contributed by atoms with E-state index in [1.807, 2.05) is 24.3 Å². The highest BCUT2D eigenvalue weighted by atomic mass is 16.5. The molecule has 1 amide bonds. The molecule has 140 valence electrons. The van der Waals surface area contributed by atoms with Crippen molar-refractivity contribution in [2.24, 2.45) is 4.99 Å². The van der Waals surface area contributed by atoms with E-state index in [0.29, 0.717) is 18.7 Å². The van der Waals surface area contributed by atoms with Gasteiger partial charge in [0.05, 0.1) is 12.8 Å². The van der Waals surface area contributed by atoms with Crippen LogP contribution >= 0.6 is 0 Å². The molecule has 3 rings (SSSR count). The maximum absolute atomic E-state index is 12.1. The van der Waals surface area contributed by atoms with E-state index >= 15 is 0 Å². The van der Waals surface area contributed by atoms with Crippen molar-refractivity contribution < 1.29 is 19.4 Å². The first-order valence-electron chi connectivity index (χ1n) is 8.61. The van der Waals surface area contributed by atoms with Gasteiger partial charge in [0.2, 0.25) is 5.91 Å². The fourth-order valence-electron chi connectivity index (χ4n) is 3.05. The van der Waals surface area contributed by atoms with E-state index in [1.54, 1.807) is 31.5 Å². The number of aromatic hydroxyl groups is 1. The molecule has 0 radical (unpaired) electrons. The number of methoxy groups -OCH3 is 2. The molecule has 6 heteroatoms. The summed E-state index contributed by atoms with van der Waals surface area (Å²) in [5, 5.41) is 12.5. The van der Waals surface area contributed by atoms with Crippen molar-refractivity contribution in [1.82, 2.24) is 5.32 Å². The Morgan fingerprint density at radius 3 is 2.85 bits per heavy atom. The highest BCUT2D eigenvalue weighted by molar-refractivity contribution is 5.92. The van der Waals surface area contributed by atoms with Gasteiger partial charge in [-0.3, -0.25) is 9.79 Å². The van der Waals surface area contributed by atoms with Crippen LogP contribution in [0, 0.1) is 0 Å². The Bertz CT molecular complexity index is 892. The first-order valence-corrected chi connectivity index (χ1v) is 8.61. The van der Waals surface area contributed by atoms with Crippen molar-refractivity contribution in [1.29, 1.82) is 0 Å². The number of ether oxygens (including phenoxy) is 2. The molecule has 0 saturated heterocycles. The largest absolute Gasteiger partial charge is 0.504 e. The Morgan fingerprint density at radius 2 is 2.07 bits per heavy atom. The Morgan fingerprint density at radius 1 is 1.26 bits per heavy atom.